The fourth-order valence-corrected chi connectivity index (χ4v) is 2.67. The van der Waals surface area contributed by atoms with E-state index in [4.69, 9.17) is 11.0 Å². The lowest BCUT2D eigenvalue weighted by Crippen LogP contribution is -2.13. The summed E-state index contributed by atoms with van der Waals surface area (Å²) in [5.41, 5.74) is 7.24. The van der Waals surface area contributed by atoms with Crippen LogP contribution in [0.4, 0.5) is 5.82 Å². The van der Waals surface area contributed by atoms with Crippen molar-refractivity contribution in [2.24, 2.45) is 5.92 Å². The lowest BCUT2D eigenvalue weighted by Gasteiger charge is -2.14. The molecule has 0 saturated heterocycles. The summed E-state index contributed by atoms with van der Waals surface area (Å²) >= 11 is 0. The van der Waals surface area contributed by atoms with Crippen LogP contribution in [0.15, 0.2) is 0 Å². The summed E-state index contributed by atoms with van der Waals surface area (Å²) in [6.07, 6.45) is 7.87. The van der Waals surface area contributed by atoms with E-state index in [1.165, 1.54) is 38.5 Å². The van der Waals surface area contributed by atoms with Crippen molar-refractivity contribution in [1.29, 1.82) is 5.26 Å². The van der Waals surface area contributed by atoms with E-state index in [2.05, 4.69) is 11.2 Å². The molecule has 1 aliphatic rings. The zero-order valence-corrected chi connectivity index (χ0v) is 10.4. The van der Waals surface area contributed by atoms with Crippen LogP contribution in [0.3, 0.4) is 0 Å². The molecule has 0 bridgehead atoms. The highest BCUT2D eigenvalue weighted by atomic mass is 15.3. The van der Waals surface area contributed by atoms with Gasteiger partial charge in [-0.3, -0.25) is 0 Å². The Morgan fingerprint density at radius 2 is 2.00 bits per heavy atom. The number of anilines is 1. The average molecular weight is 232 g/mol. The van der Waals surface area contributed by atoms with Gasteiger partial charge >= 0.3 is 0 Å². The van der Waals surface area contributed by atoms with E-state index >= 15 is 0 Å². The largest absolute Gasteiger partial charge is 0.383 e. The van der Waals surface area contributed by atoms with Gasteiger partial charge in [-0.2, -0.15) is 10.4 Å². The molecule has 4 heteroatoms. The molecule has 0 unspecified atom stereocenters. The SMILES string of the molecule is Cc1nn(CC2CCCCCC2)c(N)c1C#N. The number of nitrogens with two attached hydrogens (primary N) is 1. The van der Waals surface area contributed by atoms with Crippen molar-refractivity contribution in [2.45, 2.75) is 52.0 Å². The molecule has 1 heterocycles. The van der Waals surface area contributed by atoms with Crippen LogP contribution in [0.2, 0.25) is 0 Å². The van der Waals surface area contributed by atoms with Gasteiger partial charge in [-0.25, -0.2) is 4.68 Å². The van der Waals surface area contributed by atoms with Crippen LogP contribution in [0.5, 0.6) is 0 Å². The normalized spacial score (nSPS) is 17.6. The Morgan fingerprint density at radius 1 is 1.35 bits per heavy atom. The van der Waals surface area contributed by atoms with Crippen LogP contribution in [-0.4, -0.2) is 9.78 Å². The second kappa shape index (κ2) is 5.22. The minimum atomic E-state index is 0.536. The first-order valence-corrected chi connectivity index (χ1v) is 6.45. The van der Waals surface area contributed by atoms with E-state index in [-0.39, 0.29) is 0 Å². The molecule has 0 atom stereocenters. The van der Waals surface area contributed by atoms with Gasteiger partial charge in [0.25, 0.3) is 0 Å². The summed E-state index contributed by atoms with van der Waals surface area (Å²) in [6.45, 7) is 2.72. The molecule has 1 saturated carbocycles. The van der Waals surface area contributed by atoms with Crippen LogP contribution in [0.25, 0.3) is 0 Å². The second-order valence-electron chi connectivity index (χ2n) is 5.00. The minimum Gasteiger partial charge on any atom is -0.383 e. The summed E-state index contributed by atoms with van der Waals surface area (Å²) in [5, 5.41) is 13.4. The molecule has 0 amide bonds. The van der Waals surface area contributed by atoms with Crippen LogP contribution < -0.4 is 5.73 Å². The Hall–Kier alpha value is -1.50. The number of aromatic nitrogens is 2. The number of nitriles is 1. The molecule has 4 nitrogen and oxygen atoms in total. The third-order valence-electron chi connectivity index (χ3n) is 3.68. The summed E-state index contributed by atoms with van der Waals surface area (Å²) in [6, 6.07) is 2.13. The van der Waals surface area contributed by atoms with Crippen molar-refractivity contribution in [3.63, 3.8) is 0 Å². The topological polar surface area (TPSA) is 67.6 Å². The molecule has 1 aliphatic carbocycles. The van der Waals surface area contributed by atoms with E-state index in [1.54, 1.807) is 0 Å². The first kappa shape index (κ1) is 12.0. The number of rotatable bonds is 2. The second-order valence-corrected chi connectivity index (χ2v) is 5.00. The maximum Gasteiger partial charge on any atom is 0.140 e. The molecule has 2 N–H and O–H groups in total. The van der Waals surface area contributed by atoms with Gasteiger partial charge in [-0.1, -0.05) is 25.7 Å². The Morgan fingerprint density at radius 3 is 2.53 bits per heavy atom. The smallest absolute Gasteiger partial charge is 0.140 e. The molecule has 1 aromatic heterocycles. The molecular formula is C13H20N4. The van der Waals surface area contributed by atoms with Crippen molar-refractivity contribution < 1.29 is 0 Å². The van der Waals surface area contributed by atoms with Crippen molar-refractivity contribution >= 4 is 5.82 Å². The van der Waals surface area contributed by atoms with E-state index in [9.17, 15) is 0 Å². The van der Waals surface area contributed by atoms with Gasteiger partial charge in [0.15, 0.2) is 0 Å². The third-order valence-corrected chi connectivity index (χ3v) is 3.68. The van der Waals surface area contributed by atoms with Gasteiger partial charge in [0.1, 0.15) is 17.5 Å². The molecule has 1 fully saturated rings. The maximum absolute atomic E-state index is 8.98. The lowest BCUT2D eigenvalue weighted by molar-refractivity contribution is 0.378. The quantitative estimate of drug-likeness (QED) is 0.797. The molecule has 1 aromatic rings. The maximum atomic E-state index is 8.98. The molecule has 2 rings (SSSR count). The lowest BCUT2D eigenvalue weighted by atomic mass is 10.0. The fourth-order valence-electron chi connectivity index (χ4n) is 2.67. The highest BCUT2D eigenvalue weighted by Gasteiger charge is 2.17. The van der Waals surface area contributed by atoms with Gasteiger partial charge in [0.05, 0.1) is 5.69 Å². The molecular weight excluding hydrogens is 212 g/mol. The van der Waals surface area contributed by atoms with E-state index in [0.717, 1.165) is 12.2 Å². The first-order valence-electron chi connectivity index (χ1n) is 6.45. The Bertz CT molecular complexity index is 419. The highest BCUT2D eigenvalue weighted by molar-refractivity contribution is 5.51. The van der Waals surface area contributed by atoms with Gasteiger partial charge in [0, 0.05) is 6.54 Å². The molecule has 0 aromatic carbocycles. The van der Waals surface area contributed by atoms with Crippen molar-refractivity contribution in [3.05, 3.63) is 11.3 Å². The third kappa shape index (κ3) is 2.60. The van der Waals surface area contributed by atoms with Crippen molar-refractivity contribution in [2.75, 3.05) is 5.73 Å². The number of nitrogens with zero attached hydrogens (tertiary/aromatic N) is 3. The standard InChI is InChI=1S/C13H20N4/c1-10-12(8-14)13(15)17(16-10)9-11-6-4-2-3-5-7-11/h11H,2-7,9,15H2,1H3. The summed E-state index contributed by atoms with van der Waals surface area (Å²) in [5.74, 6) is 1.21. The molecule has 0 spiro atoms. The van der Waals surface area contributed by atoms with E-state index < -0.39 is 0 Å². The van der Waals surface area contributed by atoms with Crippen LogP contribution >= 0.6 is 0 Å². The zero-order chi connectivity index (χ0) is 12.3. The Labute approximate surface area is 102 Å². The predicted octanol–water partition coefficient (Wildman–Crippen LogP) is 2.62. The molecule has 92 valence electrons. The predicted molar refractivity (Wildman–Crippen MR) is 67.3 cm³/mol. The zero-order valence-electron chi connectivity index (χ0n) is 10.4. The van der Waals surface area contributed by atoms with Crippen molar-refractivity contribution in [1.82, 2.24) is 9.78 Å². The molecule has 17 heavy (non-hydrogen) atoms. The number of aryl methyl sites for hydroxylation is 1. The fraction of sp³-hybridized carbons (Fsp3) is 0.692. The summed E-state index contributed by atoms with van der Waals surface area (Å²) < 4.78 is 1.82. The summed E-state index contributed by atoms with van der Waals surface area (Å²) in [4.78, 5) is 0. The first-order chi connectivity index (χ1) is 8.22. The Kier molecular flexibility index (Phi) is 3.68. The van der Waals surface area contributed by atoms with Crippen LogP contribution in [-0.2, 0) is 6.54 Å². The monoisotopic (exact) mass is 232 g/mol. The van der Waals surface area contributed by atoms with Crippen LogP contribution in [0.1, 0.15) is 49.8 Å². The number of hydrogen-bond donors (Lipinski definition) is 1. The van der Waals surface area contributed by atoms with E-state index in [1.807, 2.05) is 11.6 Å². The van der Waals surface area contributed by atoms with Gasteiger partial charge in [0.2, 0.25) is 0 Å². The summed E-state index contributed by atoms with van der Waals surface area (Å²) in [7, 11) is 0. The van der Waals surface area contributed by atoms with Crippen molar-refractivity contribution in [3.8, 4) is 6.07 Å². The van der Waals surface area contributed by atoms with Gasteiger partial charge in [-0.05, 0) is 25.7 Å². The van der Waals surface area contributed by atoms with Crippen LogP contribution in [0, 0.1) is 24.2 Å². The minimum absolute atomic E-state index is 0.536. The molecule has 0 aliphatic heterocycles. The number of hydrogen-bond acceptors (Lipinski definition) is 3. The average Bonchev–Trinajstić information content (AvgIpc) is 2.50. The van der Waals surface area contributed by atoms with Gasteiger partial charge < -0.3 is 5.73 Å². The number of nitrogen functional groups attached to an aromatic ring is 1. The van der Waals surface area contributed by atoms with E-state index in [0.29, 0.717) is 17.3 Å². The Balaban J connectivity index is 2.10. The molecule has 0 radical (unpaired) electrons. The van der Waals surface area contributed by atoms with Gasteiger partial charge in [-0.15, -0.1) is 0 Å². The highest BCUT2D eigenvalue weighted by Crippen LogP contribution is 2.25.